The Bertz CT molecular complexity index is 1540. The van der Waals surface area contributed by atoms with E-state index < -0.39 is 21.4 Å². The van der Waals surface area contributed by atoms with Gasteiger partial charge < -0.3 is 5.32 Å². The molecule has 1 fully saturated rings. The molecule has 11 nitrogen and oxygen atoms in total. The highest BCUT2D eigenvalue weighted by Crippen LogP contribution is 2.26. The second kappa shape index (κ2) is 9.95. The lowest BCUT2D eigenvalue weighted by atomic mass is 10.1. The highest BCUT2D eigenvalue weighted by atomic mass is 79.9. The van der Waals surface area contributed by atoms with Crippen molar-refractivity contribution in [2.75, 3.05) is 29.9 Å². The molecule has 0 bridgehead atoms. The minimum Gasteiger partial charge on any atom is -0.361 e. The van der Waals surface area contributed by atoms with Crippen molar-refractivity contribution in [2.24, 2.45) is 0 Å². The van der Waals surface area contributed by atoms with Gasteiger partial charge in [0.1, 0.15) is 5.82 Å². The van der Waals surface area contributed by atoms with Crippen molar-refractivity contribution in [2.45, 2.75) is 13.1 Å². The molecular formula is C22H20BrFN6O5S. The summed E-state index contributed by atoms with van der Waals surface area (Å²) in [6, 6.07) is 11.9. The number of aromatic nitrogens is 4. The summed E-state index contributed by atoms with van der Waals surface area (Å²) in [4.78, 5) is 14.4. The lowest BCUT2D eigenvalue weighted by Crippen LogP contribution is -2.39. The minimum absolute atomic E-state index is 0.0427. The Morgan fingerprint density at radius 2 is 1.75 bits per heavy atom. The molecule has 3 heterocycles. The van der Waals surface area contributed by atoms with Crippen LogP contribution in [0.3, 0.4) is 0 Å². The third-order valence-electron chi connectivity index (χ3n) is 5.79. The maximum atomic E-state index is 13.7. The Labute approximate surface area is 212 Å². The third-order valence-corrected chi connectivity index (χ3v) is 8.01. The molecule has 2 aromatic heterocycles. The van der Waals surface area contributed by atoms with Crippen molar-refractivity contribution in [3.8, 4) is 17.2 Å². The van der Waals surface area contributed by atoms with Gasteiger partial charge in [-0.2, -0.15) is 0 Å². The second-order valence-corrected chi connectivity index (χ2v) is 11.4. The van der Waals surface area contributed by atoms with Crippen LogP contribution < -0.4 is 11.1 Å². The zero-order valence-corrected chi connectivity index (χ0v) is 21.1. The number of sulfone groups is 1. The zero-order chi connectivity index (χ0) is 25.3. The number of nitrogens with zero attached hydrogens (tertiary/aromatic N) is 5. The maximum Gasteiger partial charge on any atom is 0.446 e. The van der Waals surface area contributed by atoms with Crippen LogP contribution in [0.25, 0.3) is 17.2 Å². The summed E-state index contributed by atoms with van der Waals surface area (Å²) in [7, 11) is -2.90. The molecule has 0 atom stereocenters. The number of hydrogen-bond acceptors (Lipinski definition) is 10. The maximum absolute atomic E-state index is 13.7. The Hall–Kier alpha value is -3.36. The summed E-state index contributed by atoms with van der Waals surface area (Å²) in [5.74, 6) is -0.579. The number of rotatable bonds is 7. The van der Waals surface area contributed by atoms with Gasteiger partial charge in [-0.3, -0.25) is 9.42 Å². The Morgan fingerprint density at radius 1 is 1.03 bits per heavy atom. The minimum atomic E-state index is -2.90. The van der Waals surface area contributed by atoms with E-state index in [4.69, 9.17) is 9.15 Å². The van der Waals surface area contributed by atoms with E-state index in [0.717, 1.165) is 15.7 Å². The van der Waals surface area contributed by atoms with E-state index in [0.29, 0.717) is 31.9 Å². The molecule has 2 aromatic carbocycles. The first-order valence-electron chi connectivity index (χ1n) is 10.9. The molecule has 1 aliphatic rings. The monoisotopic (exact) mass is 578 g/mol. The Balaban J connectivity index is 1.28. The fraction of sp³-hybridized carbons (Fsp3) is 0.273. The van der Waals surface area contributed by atoms with Gasteiger partial charge in [0.05, 0.1) is 21.7 Å². The quantitative estimate of drug-likeness (QED) is 0.348. The van der Waals surface area contributed by atoms with Crippen molar-refractivity contribution in [3.05, 3.63) is 74.4 Å². The first kappa shape index (κ1) is 24.3. The van der Waals surface area contributed by atoms with Crippen LogP contribution in [0.4, 0.5) is 10.2 Å². The van der Waals surface area contributed by atoms with E-state index >= 15 is 0 Å². The smallest absolute Gasteiger partial charge is 0.361 e. The summed E-state index contributed by atoms with van der Waals surface area (Å²) in [6.45, 7) is 2.14. The van der Waals surface area contributed by atoms with Gasteiger partial charge in [0, 0.05) is 26.2 Å². The average Bonchev–Trinajstić information content (AvgIpc) is 3.48. The van der Waals surface area contributed by atoms with Crippen LogP contribution >= 0.6 is 15.9 Å². The number of halogens is 2. The van der Waals surface area contributed by atoms with Gasteiger partial charge in [-0.25, -0.2) is 26.8 Å². The van der Waals surface area contributed by atoms with E-state index in [1.54, 1.807) is 0 Å². The number of benzene rings is 2. The van der Waals surface area contributed by atoms with E-state index in [2.05, 4.69) is 41.6 Å². The highest BCUT2D eigenvalue weighted by molar-refractivity contribution is 9.10. The molecule has 4 aromatic rings. The molecule has 0 saturated carbocycles. The van der Waals surface area contributed by atoms with Crippen molar-refractivity contribution in [3.63, 3.8) is 0 Å². The zero-order valence-electron chi connectivity index (χ0n) is 18.7. The normalized spacial score (nSPS) is 15.7. The van der Waals surface area contributed by atoms with E-state index in [-0.39, 0.29) is 33.3 Å². The molecule has 0 amide bonds. The molecular weight excluding hydrogens is 559 g/mol. The number of hydrogen-bond donors (Lipinski definition) is 1. The molecule has 14 heteroatoms. The lowest BCUT2D eigenvalue weighted by molar-refractivity contribution is 0.287. The summed E-state index contributed by atoms with van der Waals surface area (Å²) < 4.78 is 47.9. The topological polar surface area (TPSA) is 136 Å². The van der Waals surface area contributed by atoms with Crippen LogP contribution in [0.15, 0.2) is 60.9 Å². The second-order valence-electron chi connectivity index (χ2n) is 8.27. The third kappa shape index (κ3) is 5.24. The summed E-state index contributed by atoms with van der Waals surface area (Å²) in [5.41, 5.74) is 2.51. The molecule has 0 unspecified atom stereocenters. The van der Waals surface area contributed by atoms with Crippen LogP contribution in [-0.4, -0.2) is 58.0 Å². The number of nitrogens with one attached hydrogen (secondary N) is 1. The molecule has 1 saturated heterocycles. The standard InChI is InChI=1S/C22H20BrFN6O5S/c23-17-11-16(5-6-18(17)24)30-21(28-34-22(30)31)19-20(27-35-26-19)25-12-14-1-3-15(4-2-14)13-29-7-9-36(32,33)10-8-29/h1-6,11H,7-10,12-13H2,(H,25,27). The highest BCUT2D eigenvalue weighted by Gasteiger charge is 2.24. The van der Waals surface area contributed by atoms with E-state index in [9.17, 15) is 17.6 Å². The van der Waals surface area contributed by atoms with Crippen molar-refractivity contribution >= 4 is 31.6 Å². The molecule has 1 aliphatic heterocycles. The van der Waals surface area contributed by atoms with Crippen LogP contribution in [0.2, 0.25) is 0 Å². The van der Waals surface area contributed by atoms with Gasteiger partial charge in [0.25, 0.3) is 0 Å². The van der Waals surface area contributed by atoms with Crippen LogP contribution in [0, 0.1) is 5.82 Å². The van der Waals surface area contributed by atoms with Gasteiger partial charge in [0.15, 0.2) is 15.5 Å². The molecule has 0 spiro atoms. The van der Waals surface area contributed by atoms with Gasteiger partial charge in [0.2, 0.25) is 11.6 Å². The van der Waals surface area contributed by atoms with Crippen molar-refractivity contribution in [1.82, 2.24) is 24.9 Å². The predicted molar refractivity (Wildman–Crippen MR) is 131 cm³/mol. The summed E-state index contributed by atoms with van der Waals surface area (Å²) in [5, 5.41) is 14.6. The van der Waals surface area contributed by atoms with Crippen LogP contribution in [-0.2, 0) is 22.9 Å². The average molecular weight is 579 g/mol. The SMILES string of the molecule is O=c1onc(-c2nonc2NCc2ccc(CN3CCS(=O)(=O)CC3)cc2)n1-c1ccc(F)c(Br)c1. The fourth-order valence-corrected chi connectivity index (χ4v) is 5.46. The van der Waals surface area contributed by atoms with Crippen LogP contribution in [0.5, 0.6) is 0 Å². The number of anilines is 1. The molecule has 188 valence electrons. The Morgan fingerprint density at radius 3 is 2.47 bits per heavy atom. The van der Waals surface area contributed by atoms with Gasteiger partial charge in [-0.15, -0.1) is 0 Å². The van der Waals surface area contributed by atoms with E-state index in [1.165, 1.54) is 18.2 Å². The molecule has 0 radical (unpaired) electrons. The Kier molecular flexibility index (Phi) is 6.73. The first-order chi connectivity index (χ1) is 17.3. The fourth-order valence-electron chi connectivity index (χ4n) is 3.82. The molecule has 5 rings (SSSR count). The van der Waals surface area contributed by atoms with Gasteiger partial charge in [-0.05, 0) is 55.6 Å². The van der Waals surface area contributed by atoms with Gasteiger partial charge >= 0.3 is 5.76 Å². The van der Waals surface area contributed by atoms with E-state index in [1.807, 2.05) is 24.3 Å². The van der Waals surface area contributed by atoms with Crippen molar-refractivity contribution in [1.29, 1.82) is 0 Å². The first-order valence-corrected chi connectivity index (χ1v) is 13.5. The predicted octanol–water partition coefficient (Wildman–Crippen LogP) is 2.62. The largest absolute Gasteiger partial charge is 0.446 e. The van der Waals surface area contributed by atoms with Crippen LogP contribution in [0.1, 0.15) is 11.1 Å². The van der Waals surface area contributed by atoms with Gasteiger partial charge in [-0.1, -0.05) is 29.4 Å². The lowest BCUT2D eigenvalue weighted by Gasteiger charge is -2.26. The molecule has 1 N–H and O–H groups in total. The summed E-state index contributed by atoms with van der Waals surface area (Å²) >= 11 is 3.10. The molecule has 0 aliphatic carbocycles. The summed E-state index contributed by atoms with van der Waals surface area (Å²) in [6.07, 6.45) is 0. The van der Waals surface area contributed by atoms with Crippen molar-refractivity contribution < 1.29 is 22.0 Å². The molecule has 36 heavy (non-hydrogen) atoms.